The van der Waals surface area contributed by atoms with Crippen molar-refractivity contribution in [2.75, 3.05) is 0 Å². The van der Waals surface area contributed by atoms with Crippen LogP contribution in [-0.4, -0.2) is 4.57 Å². The zero-order valence-electron chi connectivity index (χ0n) is 9.25. The lowest BCUT2D eigenvalue weighted by Crippen LogP contribution is -2.19. The highest BCUT2D eigenvalue weighted by Crippen LogP contribution is 2.25. The number of aryl methyl sites for hydroxylation is 2. The summed E-state index contributed by atoms with van der Waals surface area (Å²) in [5.41, 5.74) is 2.71. The molecule has 0 amide bonds. The van der Waals surface area contributed by atoms with E-state index >= 15 is 0 Å². The van der Waals surface area contributed by atoms with Gasteiger partial charge in [-0.3, -0.25) is 4.79 Å². The molecule has 0 saturated heterocycles. The van der Waals surface area contributed by atoms with Gasteiger partial charge in [0.2, 0.25) is 0 Å². The maximum absolute atomic E-state index is 11.8. The minimum Gasteiger partial charge on any atom is -0.311 e. The van der Waals surface area contributed by atoms with E-state index in [9.17, 15) is 4.79 Å². The smallest absolute Gasteiger partial charge is 0.253 e. The Bertz CT molecular complexity index is 640. The van der Waals surface area contributed by atoms with Crippen LogP contribution in [0.2, 0.25) is 0 Å². The number of halogens is 1. The molecule has 0 aliphatic heterocycles. The van der Waals surface area contributed by atoms with E-state index in [0.29, 0.717) is 0 Å². The quantitative estimate of drug-likeness (QED) is 0.784. The number of aromatic nitrogens is 1. The molecule has 2 aromatic rings. The number of nitrogens with zero attached hydrogens (tertiary/aromatic N) is 1. The Labute approximate surface area is 102 Å². The Morgan fingerprint density at radius 2 is 2.06 bits per heavy atom. The second kappa shape index (κ2) is 3.91. The fourth-order valence-corrected chi connectivity index (χ4v) is 2.40. The summed E-state index contributed by atoms with van der Waals surface area (Å²) >= 11 is 3.52. The maximum atomic E-state index is 11.8. The lowest BCUT2D eigenvalue weighted by Gasteiger charge is -2.09. The van der Waals surface area contributed by atoms with E-state index in [4.69, 9.17) is 0 Å². The average Bonchev–Trinajstić information content (AvgIpc) is 2.27. The highest BCUT2D eigenvalue weighted by molar-refractivity contribution is 9.10. The molecule has 1 aromatic heterocycles. The van der Waals surface area contributed by atoms with Crippen LogP contribution >= 0.6 is 15.9 Å². The Morgan fingerprint density at radius 3 is 2.69 bits per heavy atom. The molecule has 0 fully saturated rings. The number of rotatable bonds is 1. The van der Waals surface area contributed by atoms with E-state index in [1.54, 1.807) is 17.7 Å². The Morgan fingerprint density at radius 1 is 1.38 bits per heavy atom. The number of hydrogen-bond donors (Lipinski definition) is 0. The van der Waals surface area contributed by atoms with Crippen molar-refractivity contribution in [2.24, 2.45) is 7.05 Å². The summed E-state index contributed by atoms with van der Waals surface area (Å²) < 4.78 is 2.65. The van der Waals surface area contributed by atoms with Crippen molar-refractivity contribution in [3.8, 4) is 0 Å². The van der Waals surface area contributed by atoms with Gasteiger partial charge in [0, 0.05) is 22.5 Å². The lowest BCUT2D eigenvalue weighted by molar-refractivity contribution is 0.893. The van der Waals surface area contributed by atoms with E-state index in [-0.39, 0.29) is 5.56 Å². The molecule has 1 heterocycles. The summed E-state index contributed by atoms with van der Waals surface area (Å²) in [6, 6.07) is 5.88. The highest BCUT2D eigenvalue weighted by Gasteiger charge is 2.07. The molecule has 0 saturated carbocycles. The highest BCUT2D eigenvalue weighted by atomic mass is 79.9. The van der Waals surface area contributed by atoms with Gasteiger partial charge in [0.05, 0.1) is 5.52 Å². The van der Waals surface area contributed by atoms with Gasteiger partial charge < -0.3 is 4.57 Å². The topological polar surface area (TPSA) is 22.0 Å². The van der Waals surface area contributed by atoms with Crippen LogP contribution in [0.25, 0.3) is 17.0 Å². The summed E-state index contributed by atoms with van der Waals surface area (Å²) in [6.45, 7) is 5.57. The van der Waals surface area contributed by atoms with Crippen LogP contribution in [0, 0.1) is 6.92 Å². The standard InChI is InChI=1S/C13H12BrNO/c1-4-9-6-11(14)10-5-8(2)13(16)15(3)12(10)7-9/h4-7H,1H2,2-3H3. The summed E-state index contributed by atoms with van der Waals surface area (Å²) in [7, 11) is 1.79. The largest absolute Gasteiger partial charge is 0.311 e. The van der Waals surface area contributed by atoms with Crippen LogP contribution in [-0.2, 0) is 7.05 Å². The van der Waals surface area contributed by atoms with Crippen molar-refractivity contribution < 1.29 is 0 Å². The average molecular weight is 278 g/mol. The molecule has 82 valence electrons. The maximum Gasteiger partial charge on any atom is 0.253 e. The van der Waals surface area contributed by atoms with Crippen LogP contribution in [0.1, 0.15) is 11.1 Å². The van der Waals surface area contributed by atoms with Gasteiger partial charge in [0.1, 0.15) is 0 Å². The van der Waals surface area contributed by atoms with Gasteiger partial charge in [0.25, 0.3) is 5.56 Å². The van der Waals surface area contributed by atoms with Crippen LogP contribution in [0.5, 0.6) is 0 Å². The molecular weight excluding hydrogens is 266 g/mol. The minimum absolute atomic E-state index is 0.0422. The third-order valence-electron chi connectivity index (χ3n) is 2.73. The molecule has 3 heteroatoms. The third-order valence-corrected chi connectivity index (χ3v) is 3.39. The Hall–Kier alpha value is -1.35. The summed E-state index contributed by atoms with van der Waals surface area (Å²) in [5, 5.41) is 1.05. The molecular formula is C13H12BrNO. The molecule has 0 atom stereocenters. The molecule has 0 bridgehead atoms. The van der Waals surface area contributed by atoms with Crippen molar-refractivity contribution in [1.29, 1.82) is 0 Å². The molecule has 0 spiro atoms. The molecule has 0 aliphatic rings. The van der Waals surface area contributed by atoms with Gasteiger partial charge in [-0.1, -0.05) is 28.6 Å². The van der Waals surface area contributed by atoms with Crippen molar-refractivity contribution in [3.63, 3.8) is 0 Å². The minimum atomic E-state index is 0.0422. The normalized spacial score (nSPS) is 10.7. The number of benzene rings is 1. The fraction of sp³-hybridized carbons (Fsp3) is 0.154. The van der Waals surface area contributed by atoms with Gasteiger partial charge in [-0.2, -0.15) is 0 Å². The first-order chi connectivity index (χ1) is 7.54. The number of pyridine rings is 1. The Balaban J connectivity index is 3.02. The number of fused-ring (bicyclic) bond motifs is 1. The van der Waals surface area contributed by atoms with E-state index in [0.717, 1.165) is 26.5 Å². The first-order valence-electron chi connectivity index (χ1n) is 4.97. The zero-order valence-corrected chi connectivity index (χ0v) is 10.8. The van der Waals surface area contributed by atoms with E-state index in [1.807, 2.05) is 25.1 Å². The summed E-state index contributed by atoms with van der Waals surface area (Å²) in [5.74, 6) is 0. The lowest BCUT2D eigenvalue weighted by atomic mass is 10.1. The predicted molar refractivity (Wildman–Crippen MR) is 71.7 cm³/mol. The van der Waals surface area contributed by atoms with Crippen molar-refractivity contribution in [3.05, 3.63) is 50.7 Å². The van der Waals surface area contributed by atoms with Crippen molar-refractivity contribution in [1.82, 2.24) is 4.57 Å². The zero-order chi connectivity index (χ0) is 11.9. The van der Waals surface area contributed by atoms with E-state index in [2.05, 4.69) is 22.5 Å². The molecule has 16 heavy (non-hydrogen) atoms. The second-order valence-electron chi connectivity index (χ2n) is 3.83. The number of hydrogen-bond acceptors (Lipinski definition) is 1. The molecule has 2 nitrogen and oxygen atoms in total. The monoisotopic (exact) mass is 277 g/mol. The Kier molecular flexibility index (Phi) is 2.72. The molecule has 0 N–H and O–H groups in total. The third kappa shape index (κ3) is 1.61. The van der Waals surface area contributed by atoms with Gasteiger partial charge in [0.15, 0.2) is 0 Å². The second-order valence-corrected chi connectivity index (χ2v) is 4.69. The molecule has 2 rings (SSSR count). The van der Waals surface area contributed by atoms with Gasteiger partial charge in [-0.15, -0.1) is 0 Å². The fourth-order valence-electron chi connectivity index (χ4n) is 1.81. The van der Waals surface area contributed by atoms with Crippen LogP contribution in [0.15, 0.2) is 34.0 Å². The summed E-state index contributed by atoms with van der Waals surface area (Å²) in [6.07, 6.45) is 1.77. The molecule has 0 radical (unpaired) electrons. The van der Waals surface area contributed by atoms with E-state index in [1.165, 1.54) is 0 Å². The van der Waals surface area contributed by atoms with Crippen LogP contribution < -0.4 is 5.56 Å². The van der Waals surface area contributed by atoms with Crippen LogP contribution in [0.3, 0.4) is 0 Å². The van der Waals surface area contributed by atoms with Gasteiger partial charge in [-0.25, -0.2) is 0 Å². The first-order valence-corrected chi connectivity index (χ1v) is 5.76. The van der Waals surface area contributed by atoms with E-state index < -0.39 is 0 Å². The SMILES string of the molecule is C=Cc1cc(Br)c2cc(C)c(=O)n(C)c2c1. The predicted octanol–water partition coefficient (Wildman–Crippen LogP) is 3.25. The molecule has 0 unspecified atom stereocenters. The van der Waals surface area contributed by atoms with Crippen molar-refractivity contribution in [2.45, 2.75) is 6.92 Å². The van der Waals surface area contributed by atoms with Crippen molar-refractivity contribution >= 4 is 32.9 Å². The molecule has 0 aliphatic carbocycles. The van der Waals surface area contributed by atoms with Gasteiger partial charge in [-0.05, 0) is 30.7 Å². The molecule has 1 aromatic carbocycles. The first kappa shape index (κ1) is 11.1. The van der Waals surface area contributed by atoms with Gasteiger partial charge >= 0.3 is 0 Å². The van der Waals surface area contributed by atoms with Crippen LogP contribution in [0.4, 0.5) is 0 Å². The summed E-state index contributed by atoms with van der Waals surface area (Å²) in [4.78, 5) is 11.8.